The quantitative estimate of drug-likeness (QED) is 0.770. The van der Waals surface area contributed by atoms with Gasteiger partial charge in [0.1, 0.15) is 5.75 Å². The predicted molar refractivity (Wildman–Crippen MR) is 74.1 cm³/mol. The van der Waals surface area contributed by atoms with E-state index in [2.05, 4.69) is 0 Å². The molecule has 0 saturated carbocycles. The summed E-state index contributed by atoms with van der Waals surface area (Å²) in [7, 11) is 0. The number of hydrogen-bond acceptors (Lipinski definition) is 4. The fourth-order valence-electron chi connectivity index (χ4n) is 2.18. The molecule has 0 aromatic heterocycles. The highest BCUT2D eigenvalue weighted by atomic mass is 16.7. The Morgan fingerprint density at radius 2 is 2.05 bits per heavy atom. The summed E-state index contributed by atoms with van der Waals surface area (Å²) in [5, 5.41) is 0. The number of rotatable bonds is 7. The molecule has 4 nitrogen and oxygen atoms in total. The van der Waals surface area contributed by atoms with E-state index in [1.807, 2.05) is 31.2 Å². The zero-order chi connectivity index (χ0) is 13.5. The summed E-state index contributed by atoms with van der Waals surface area (Å²) in [5.74, 6) is 0.878. The fraction of sp³-hybridized carbons (Fsp3) is 0.600. The topological polar surface area (TPSA) is 53.7 Å². The second-order valence-electron chi connectivity index (χ2n) is 4.71. The third kappa shape index (κ3) is 4.20. The van der Waals surface area contributed by atoms with Gasteiger partial charge in [0.15, 0.2) is 6.29 Å². The van der Waals surface area contributed by atoms with Crippen molar-refractivity contribution in [3.8, 4) is 5.75 Å². The van der Waals surface area contributed by atoms with E-state index >= 15 is 0 Å². The van der Waals surface area contributed by atoms with Crippen LogP contribution in [0.1, 0.15) is 38.0 Å². The maximum absolute atomic E-state index is 5.89. The molecule has 0 radical (unpaired) electrons. The molecule has 0 spiro atoms. The summed E-state index contributed by atoms with van der Waals surface area (Å²) in [6, 6.07) is 7.90. The number of benzene rings is 1. The summed E-state index contributed by atoms with van der Waals surface area (Å²) in [5.41, 5.74) is 6.53. The molecule has 2 unspecified atom stereocenters. The van der Waals surface area contributed by atoms with Gasteiger partial charge in [-0.15, -0.1) is 0 Å². The summed E-state index contributed by atoms with van der Waals surface area (Å²) in [6.45, 7) is 4.07. The van der Waals surface area contributed by atoms with Crippen molar-refractivity contribution in [1.82, 2.24) is 0 Å². The molecule has 0 bridgehead atoms. The second-order valence-corrected chi connectivity index (χ2v) is 4.71. The number of ether oxygens (including phenoxy) is 3. The van der Waals surface area contributed by atoms with Crippen molar-refractivity contribution in [2.45, 2.75) is 38.6 Å². The van der Waals surface area contributed by atoms with E-state index in [1.54, 1.807) is 0 Å². The number of nitrogens with two attached hydrogens (primary N) is 1. The normalized spacial score (nSPS) is 22.6. The Hall–Kier alpha value is -1.10. The zero-order valence-electron chi connectivity index (χ0n) is 11.5. The van der Waals surface area contributed by atoms with Gasteiger partial charge in [-0.3, -0.25) is 0 Å². The molecule has 1 aliphatic rings. The molecule has 1 fully saturated rings. The summed E-state index contributed by atoms with van der Waals surface area (Å²) >= 11 is 0. The Morgan fingerprint density at radius 3 is 2.74 bits per heavy atom. The minimum atomic E-state index is -0.237. The van der Waals surface area contributed by atoms with Crippen LogP contribution in [0.15, 0.2) is 24.3 Å². The monoisotopic (exact) mass is 265 g/mol. The Kier molecular flexibility index (Phi) is 5.63. The van der Waals surface area contributed by atoms with Gasteiger partial charge in [0, 0.05) is 5.56 Å². The van der Waals surface area contributed by atoms with Gasteiger partial charge in [0.25, 0.3) is 0 Å². The molecule has 2 atom stereocenters. The van der Waals surface area contributed by atoms with Gasteiger partial charge in [0.05, 0.1) is 19.3 Å². The van der Waals surface area contributed by atoms with Crippen molar-refractivity contribution in [2.24, 2.45) is 5.73 Å². The molecule has 1 aliphatic heterocycles. The molecule has 19 heavy (non-hydrogen) atoms. The average Bonchev–Trinajstić information content (AvgIpc) is 2.89. The minimum Gasteiger partial charge on any atom is -0.494 e. The Labute approximate surface area is 114 Å². The van der Waals surface area contributed by atoms with Crippen molar-refractivity contribution in [3.63, 3.8) is 0 Å². The molecule has 1 aromatic rings. The van der Waals surface area contributed by atoms with Crippen LogP contribution in [-0.2, 0) is 9.47 Å². The largest absolute Gasteiger partial charge is 0.494 e. The van der Waals surface area contributed by atoms with Gasteiger partial charge in [-0.2, -0.15) is 0 Å². The maximum Gasteiger partial charge on any atom is 0.184 e. The van der Waals surface area contributed by atoms with Gasteiger partial charge in [-0.25, -0.2) is 0 Å². The first-order valence-electron chi connectivity index (χ1n) is 7.03. The van der Waals surface area contributed by atoms with Crippen LogP contribution in [0, 0.1) is 0 Å². The van der Waals surface area contributed by atoms with Crippen molar-refractivity contribution < 1.29 is 14.2 Å². The van der Waals surface area contributed by atoms with Gasteiger partial charge >= 0.3 is 0 Å². The summed E-state index contributed by atoms with van der Waals surface area (Å²) in [6.07, 6.45) is 3.13. The third-order valence-electron chi connectivity index (χ3n) is 3.19. The highest BCUT2D eigenvalue weighted by Crippen LogP contribution is 2.29. The summed E-state index contributed by atoms with van der Waals surface area (Å²) in [4.78, 5) is 0. The van der Waals surface area contributed by atoms with E-state index in [0.29, 0.717) is 13.2 Å². The second kappa shape index (κ2) is 7.48. The van der Waals surface area contributed by atoms with Gasteiger partial charge < -0.3 is 19.9 Å². The molecule has 2 rings (SSSR count). The highest BCUT2D eigenvalue weighted by Gasteiger charge is 2.26. The average molecular weight is 265 g/mol. The van der Waals surface area contributed by atoms with Crippen LogP contribution < -0.4 is 10.5 Å². The van der Waals surface area contributed by atoms with E-state index in [4.69, 9.17) is 19.9 Å². The molecular formula is C15H23NO3. The van der Waals surface area contributed by atoms with Crippen LogP contribution >= 0.6 is 0 Å². The van der Waals surface area contributed by atoms with Crippen molar-refractivity contribution >= 4 is 0 Å². The molecule has 1 saturated heterocycles. The van der Waals surface area contributed by atoms with Crippen LogP contribution in [-0.4, -0.2) is 25.9 Å². The molecule has 1 aromatic carbocycles. The van der Waals surface area contributed by atoms with E-state index in [0.717, 1.165) is 37.1 Å². The molecule has 0 amide bonds. The molecule has 2 N–H and O–H groups in total. The standard InChI is InChI=1S/C15H23NO3/c1-2-17-13-8-6-12(7-9-13)15-18-11-14(19-15)5-3-4-10-16/h6-9,14-15H,2-5,10-11,16H2,1H3. The fourth-order valence-corrected chi connectivity index (χ4v) is 2.18. The van der Waals surface area contributed by atoms with E-state index in [1.165, 1.54) is 0 Å². The van der Waals surface area contributed by atoms with Crippen molar-refractivity contribution in [2.75, 3.05) is 19.8 Å². The highest BCUT2D eigenvalue weighted by molar-refractivity contribution is 5.28. The lowest BCUT2D eigenvalue weighted by Crippen LogP contribution is -2.10. The maximum atomic E-state index is 5.89. The lowest BCUT2D eigenvalue weighted by molar-refractivity contribution is -0.0613. The Morgan fingerprint density at radius 1 is 1.26 bits per heavy atom. The third-order valence-corrected chi connectivity index (χ3v) is 3.19. The van der Waals surface area contributed by atoms with Crippen molar-refractivity contribution in [1.29, 1.82) is 0 Å². The SMILES string of the molecule is CCOc1ccc(C2OCC(CCCCN)O2)cc1. The first-order valence-corrected chi connectivity index (χ1v) is 7.03. The molecule has 0 aliphatic carbocycles. The molecule has 1 heterocycles. The van der Waals surface area contributed by atoms with Gasteiger partial charge in [-0.05, 0) is 44.9 Å². The van der Waals surface area contributed by atoms with Gasteiger partial charge in [0.2, 0.25) is 0 Å². The first-order chi connectivity index (χ1) is 9.33. The van der Waals surface area contributed by atoms with E-state index in [9.17, 15) is 0 Å². The van der Waals surface area contributed by atoms with Crippen LogP contribution in [0.25, 0.3) is 0 Å². The van der Waals surface area contributed by atoms with Crippen LogP contribution in [0.4, 0.5) is 0 Å². The number of unbranched alkanes of at least 4 members (excludes halogenated alkanes) is 1. The van der Waals surface area contributed by atoms with Crippen LogP contribution in [0.2, 0.25) is 0 Å². The predicted octanol–water partition coefficient (Wildman–Crippen LogP) is 2.63. The van der Waals surface area contributed by atoms with Crippen LogP contribution in [0.5, 0.6) is 5.75 Å². The van der Waals surface area contributed by atoms with Gasteiger partial charge in [-0.1, -0.05) is 12.1 Å². The molecular weight excluding hydrogens is 242 g/mol. The zero-order valence-corrected chi connectivity index (χ0v) is 11.5. The van der Waals surface area contributed by atoms with Crippen LogP contribution in [0.3, 0.4) is 0 Å². The van der Waals surface area contributed by atoms with Crippen molar-refractivity contribution in [3.05, 3.63) is 29.8 Å². The van der Waals surface area contributed by atoms with E-state index in [-0.39, 0.29) is 12.4 Å². The number of hydrogen-bond donors (Lipinski definition) is 1. The lowest BCUT2D eigenvalue weighted by atomic mass is 10.1. The lowest BCUT2D eigenvalue weighted by Gasteiger charge is -2.12. The smallest absolute Gasteiger partial charge is 0.184 e. The Bertz CT molecular complexity index is 366. The molecule has 4 heteroatoms. The Balaban J connectivity index is 1.82. The molecule has 106 valence electrons. The summed E-state index contributed by atoms with van der Waals surface area (Å²) < 4.78 is 17.0. The van der Waals surface area contributed by atoms with E-state index < -0.39 is 0 Å². The first kappa shape index (κ1) is 14.3. The minimum absolute atomic E-state index is 0.197.